The minimum absolute atomic E-state index is 0.506. The molecule has 1 heterocycles. The number of carbonyl (C=O) groups excluding carboxylic acids is 1. The Morgan fingerprint density at radius 3 is 2.62 bits per heavy atom. The Hall–Kier alpha value is -3.09. The number of ether oxygens (including phenoxy) is 1. The maximum atomic E-state index is 12.1. The fourth-order valence-corrected chi connectivity index (χ4v) is 3.31. The summed E-state index contributed by atoms with van der Waals surface area (Å²) in [6.07, 6.45) is 0.266. The van der Waals surface area contributed by atoms with Gasteiger partial charge in [0.1, 0.15) is 5.75 Å². The van der Waals surface area contributed by atoms with Crippen LogP contribution in [0.25, 0.3) is 5.69 Å². The van der Waals surface area contributed by atoms with E-state index in [1.807, 2.05) is 42.7 Å². The van der Waals surface area contributed by atoms with E-state index in [-0.39, 0.29) is 0 Å². The first kappa shape index (κ1) is 20.6. The molecule has 2 N–H and O–H groups in total. The van der Waals surface area contributed by atoms with Gasteiger partial charge in [0, 0.05) is 22.0 Å². The monoisotopic (exact) mass is 411 g/mol. The third-order valence-corrected chi connectivity index (χ3v) is 4.83. The third-order valence-electron chi connectivity index (χ3n) is 4.59. The lowest BCUT2D eigenvalue weighted by atomic mass is 10.1. The summed E-state index contributed by atoms with van der Waals surface area (Å²) >= 11 is 6.17. The van der Waals surface area contributed by atoms with Gasteiger partial charge in [-0.2, -0.15) is 5.10 Å². The number of amides is 1. The predicted octanol–water partition coefficient (Wildman–Crippen LogP) is 3.94. The highest BCUT2D eigenvalue weighted by molar-refractivity contribution is 6.30. The van der Waals surface area contributed by atoms with Crippen molar-refractivity contribution < 1.29 is 14.6 Å². The van der Waals surface area contributed by atoms with Gasteiger partial charge in [0.25, 0.3) is 5.91 Å². The number of aliphatic hydroxyl groups is 1. The molecule has 0 aliphatic rings. The van der Waals surface area contributed by atoms with Crippen LogP contribution in [0, 0.1) is 13.8 Å². The SMILES string of the molecule is COc1ccc(Cl)cc1-n1c(C)cc(/C=N\NC(=O)[C@H](O)c2ccccc2)c1C. The van der Waals surface area contributed by atoms with Crippen LogP contribution in [0.2, 0.25) is 5.02 Å². The van der Waals surface area contributed by atoms with Gasteiger partial charge in [0.2, 0.25) is 0 Å². The highest BCUT2D eigenvalue weighted by atomic mass is 35.5. The number of hydrogen-bond donors (Lipinski definition) is 2. The van der Waals surface area contributed by atoms with Gasteiger partial charge in [-0.25, -0.2) is 5.43 Å². The number of aromatic nitrogens is 1. The molecule has 3 aromatic rings. The lowest BCUT2D eigenvalue weighted by Gasteiger charge is -2.14. The van der Waals surface area contributed by atoms with Gasteiger partial charge in [-0.1, -0.05) is 41.9 Å². The van der Waals surface area contributed by atoms with Gasteiger partial charge in [0.05, 0.1) is 19.0 Å². The first-order valence-corrected chi connectivity index (χ1v) is 9.39. The van der Waals surface area contributed by atoms with Crippen molar-refractivity contribution >= 4 is 23.7 Å². The number of nitrogens with one attached hydrogen (secondary N) is 1. The second-order valence-electron chi connectivity index (χ2n) is 6.53. The molecule has 0 bridgehead atoms. The zero-order chi connectivity index (χ0) is 21.0. The van der Waals surface area contributed by atoms with Gasteiger partial charge in [-0.05, 0) is 43.7 Å². The van der Waals surface area contributed by atoms with Crippen molar-refractivity contribution in [3.8, 4) is 11.4 Å². The van der Waals surface area contributed by atoms with Crippen molar-refractivity contribution in [2.45, 2.75) is 20.0 Å². The molecule has 29 heavy (non-hydrogen) atoms. The number of rotatable bonds is 6. The van der Waals surface area contributed by atoms with Crippen LogP contribution in [0.1, 0.15) is 28.6 Å². The predicted molar refractivity (Wildman–Crippen MR) is 114 cm³/mol. The number of hydrogen-bond acceptors (Lipinski definition) is 4. The van der Waals surface area contributed by atoms with Crippen LogP contribution in [0.4, 0.5) is 0 Å². The molecule has 7 heteroatoms. The summed E-state index contributed by atoms with van der Waals surface area (Å²) in [6.45, 7) is 3.90. The van der Waals surface area contributed by atoms with E-state index in [1.54, 1.807) is 43.7 Å². The van der Waals surface area contributed by atoms with Crippen LogP contribution in [0.5, 0.6) is 5.75 Å². The number of methoxy groups -OCH3 is 1. The van der Waals surface area contributed by atoms with Gasteiger partial charge >= 0.3 is 0 Å². The minimum atomic E-state index is -1.28. The summed E-state index contributed by atoms with van der Waals surface area (Å²) in [4.78, 5) is 12.1. The second kappa shape index (κ2) is 8.94. The Bertz CT molecular complexity index is 1040. The molecule has 6 nitrogen and oxygen atoms in total. The minimum Gasteiger partial charge on any atom is -0.495 e. The largest absolute Gasteiger partial charge is 0.495 e. The topological polar surface area (TPSA) is 75.8 Å². The average Bonchev–Trinajstić information content (AvgIpc) is 3.01. The van der Waals surface area contributed by atoms with E-state index in [0.717, 1.165) is 22.6 Å². The van der Waals surface area contributed by atoms with E-state index in [0.29, 0.717) is 16.3 Å². The summed E-state index contributed by atoms with van der Waals surface area (Å²) in [5.74, 6) is 0.0942. The number of halogens is 1. The van der Waals surface area contributed by atoms with Crippen LogP contribution in [-0.4, -0.2) is 28.9 Å². The number of carbonyl (C=O) groups is 1. The van der Waals surface area contributed by atoms with Crippen molar-refractivity contribution in [2.24, 2.45) is 5.10 Å². The van der Waals surface area contributed by atoms with E-state index in [1.165, 1.54) is 0 Å². The van der Waals surface area contributed by atoms with Crippen molar-refractivity contribution in [3.05, 3.63) is 82.1 Å². The highest BCUT2D eigenvalue weighted by Gasteiger charge is 2.17. The number of aryl methyl sites for hydroxylation is 1. The van der Waals surface area contributed by atoms with Crippen molar-refractivity contribution in [2.75, 3.05) is 7.11 Å². The molecule has 0 aliphatic heterocycles. The van der Waals surface area contributed by atoms with E-state index in [2.05, 4.69) is 10.5 Å². The molecule has 1 aromatic heterocycles. The maximum absolute atomic E-state index is 12.1. The lowest BCUT2D eigenvalue weighted by Crippen LogP contribution is -2.25. The zero-order valence-corrected chi connectivity index (χ0v) is 17.1. The summed E-state index contributed by atoms with van der Waals surface area (Å²) < 4.78 is 7.46. The molecule has 3 rings (SSSR count). The van der Waals surface area contributed by atoms with Crippen LogP contribution in [0.3, 0.4) is 0 Å². The molecule has 0 fully saturated rings. The van der Waals surface area contributed by atoms with Crippen molar-refractivity contribution in [1.29, 1.82) is 0 Å². The summed E-state index contributed by atoms with van der Waals surface area (Å²) in [7, 11) is 1.61. The lowest BCUT2D eigenvalue weighted by molar-refractivity contribution is -0.129. The van der Waals surface area contributed by atoms with Crippen molar-refractivity contribution in [1.82, 2.24) is 9.99 Å². The molecular weight excluding hydrogens is 390 g/mol. The first-order valence-electron chi connectivity index (χ1n) is 9.01. The molecule has 1 atom stereocenters. The molecular formula is C22H22ClN3O3. The van der Waals surface area contributed by atoms with Gasteiger partial charge < -0.3 is 14.4 Å². The Morgan fingerprint density at radius 2 is 1.93 bits per heavy atom. The molecule has 0 saturated heterocycles. The van der Waals surface area contributed by atoms with E-state index < -0.39 is 12.0 Å². The molecule has 0 spiro atoms. The summed E-state index contributed by atoms with van der Waals surface area (Å²) in [6, 6.07) is 16.1. The quantitative estimate of drug-likeness (QED) is 0.476. The van der Waals surface area contributed by atoms with Crippen molar-refractivity contribution in [3.63, 3.8) is 0 Å². The molecule has 2 aromatic carbocycles. The number of nitrogens with zero attached hydrogens (tertiary/aromatic N) is 2. The van der Waals surface area contributed by atoms with Gasteiger partial charge in [0.15, 0.2) is 6.10 Å². The molecule has 0 unspecified atom stereocenters. The molecule has 1 amide bonds. The fraction of sp³-hybridized carbons (Fsp3) is 0.182. The van der Waals surface area contributed by atoms with Crippen LogP contribution in [-0.2, 0) is 4.79 Å². The Morgan fingerprint density at radius 1 is 1.21 bits per heavy atom. The molecule has 0 aliphatic carbocycles. The standard InChI is InChI=1S/C22H22ClN3O3/c1-14-11-17(13-24-25-22(28)21(27)16-7-5-4-6-8-16)15(2)26(14)19-12-18(23)9-10-20(19)29-3/h4-13,21,27H,1-3H3,(H,25,28)/b24-13-/t21-/m1/s1. The van der Waals surface area contributed by atoms with Crippen LogP contribution < -0.4 is 10.2 Å². The normalized spacial score (nSPS) is 12.2. The van der Waals surface area contributed by atoms with Gasteiger partial charge in [-0.15, -0.1) is 0 Å². The van der Waals surface area contributed by atoms with Gasteiger partial charge in [-0.3, -0.25) is 4.79 Å². The maximum Gasteiger partial charge on any atom is 0.273 e. The summed E-state index contributed by atoms with van der Waals surface area (Å²) in [5.41, 5.74) is 6.39. The smallest absolute Gasteiger partial charge is 0.273 e. The average molecular weight is 412 g/mol. The zero-order valence-electron chi connectivity index (χ0n) is 16.4. The Balaban J connectivity index is 1.80. The van der Waals surface area contributed by atoms with E-state index in [9.17, 15) is 9.90 Å². The fourth-order valence-electron chi connectivity index (χ4n) is 3.14. The Labute approximate surface area is 174 Å². The number of aliphatic hydroxyl groups excluding tert-OH is 1. The van der Waals surface area contributed by atoms with Crippen LogP contribution in [0.15, 0.2) is 59.7 Å². The number of benzene rings is 2. The third kappa shape index (κ3) is 4.50. The molecule has 150 valence electrons. The molecule has 0 saturated carbocycles. The second-order valence-corrected chi connectivity index (χ2v) is 6.96. The summed E-state index contributed by atoms with van der Waals surface area (Å²) in [5, 5.41) is 14.7. The van der Waals surface area contributed by atoms with E-state index >= 15 is 0 Å². The first-order chi connectivity index (χ1) is 13.9. The van der Waals surface area contributed by atoms with E-state index in [4.69, 9.17) is 16.3 Å². The molecule has 0 radical (unpaired) electrons. The Kier molecular flexibility index (Phi) is 6.36. The van der Waals surface area contributed by atoms with Crippen LogP contribution >= 0.6 is 11.6 Å². The highest BCUT2D eigenvalue weighted by Crippen LogP contribution is 2.30. The number of hydrazone groups is 1.